The first-order chi connectivity index (χ1) is 8.56. The fourth-order valence-electron chi connectivity index (χ4n) is 2.70. The maximum Gasteiger partial charge on any atom is 0.123 e. The van der Waals surface area contributed by atoms with Crippen LogP contribution >= 0.6 is 12.4 Å². The van der Waals surface area contributed by atoms with E-state index < -0.39 is 0 Å². The van der Waals surface area contributed by atoms with E-state index in [4.69, 9.17) is 5.73 Å². The lowest BCUT2D eigenvalue weighted by atomic mass is 9.93. The highest BCUT2D eigenvalue weighted by Crippen LogP contribution is 2.21. The molecule has 108 valence electrons. The van der Waals surface area contributed by atoms with Crippen LogP contribution in [0.25, 0.3) is 0 Å². The summed E-state index contributed by atoms with van der Waals surface area (Å²) in [4.78, 5) is 2.47. The van der Waals surface area contributed by atoms with Gasteiger partial charge in [0.1, 0.15) is 5.82 Å². The van der Waals surface area contributed by atoms with Crippen LogP contribution in [0.5, 0.6) is 0 Å². The van der Waals surface area contributed by atoms with Crippen molar-refractivity contribution in [2.45, 2.75) is 32.2 Å². The van der Waals surface area contributed by atoms with Crippen LogP contribution in [0, 0.1) is 11.7 Å². The van der Waals surface area contributed by atoms with Crippen molar-refractivity contribution in [2.24, 2.45) is 11.7 Å². The number of piperidine rings is 1. The van der Waals surface area contributed by atoms with Crippen LogP contribution in [-0.2, 0) is 0 Å². The molecule has 1 aliphatic heterocycles. The van der Waals surface area contributed by atoms with Crippen molar-refractivity contribution >= 4 is 12.4 Å². The maximum atomic E-state index is 12.9. The van der Waals surface area contributed by atoms with Gasteiger partial charge in [-0.25, -0.2) is 4.39 Å². The number of nitrogens with two attached hydrogens (primary N) is 1. The summed E-state index contributed by atoms with van der Waals surface area (Å²) in [6, 6.07) is 7.21. The lowest BCUT2D eigenvalue weighted by Gasteiger charge is -2.36. The van der Waals surface area contributed by atoms with E-state index in [-0.39, 0.29) is 18.2 Å². The first-order valence-corrected chi connectivity index (χ1v) is 6.79. The Labute approximate surface area is 121 Å². The van der Waals surface area contributed by atoms with Crippen molar-refractivity contribution in [1.82, 2.24) is 4.90 Å². The van der Waals surface area contributed by atoms with Gasteiger partial charge in [0.05, 0.1) is 0 Å². The van der Waals surface area contributed by atoms with Crippen LogP contribution in [0.4, 0.5) is 4.39 Å². The van der Waals surface area contributed by atoms with Crippen molar-refractivity contribution in [1.29, 1.82) is 0 Å². The first-order valence-electron chi connectivity index (χ1n) is 6.79. The fourth-order valence-corrected chi connectivity index (χ4v) is 2.70. The van der Waals surface area contributed by atoms with Crippen molar-refractivity contribution in [3.05, 3.63) is 35.6 Å². The largest absolute Gasteiger partial charge is 0.327 e. The van der Waals surface area contributed by atoms with Gasteiger partial charge in [0.2, 0.25) is 0 Å². The standard InChI is InChI=1S/C15H23FN2.ClH/c1-11(13-3-5-14(16)6-4-13)9-18-8-7-15(17)12(2)10-18;/h3-6,11-12,15H,7-10,17H2,1-2H3;1H. The number of nitrogens with zero attached hydrogens (tertiary/aromatic N) is 1. The third kappa shape index (κ3) is 4.44. The van der Waals surface area contributed by atoms with Crippen LogP contribution in [0.3, 0.4) is 0 Å². The maximum absolute atomic E-state index is 12.9. The second kappa shape index (κ2) is 7.22. The topological polar surface area (TPSA) is 29.3 Å². The molecule has 0 spiro atoms. The summed E-state index contributed by atoms with van der Waals surface area (Å²) < 4.78 is 12.9. The molecule has 1 heterocycles. The second-order valence-electron chi connectivity index (χ2n) is 5.64. The van der Waals surface area contributed by atoms with E-state index in [9.17, 15) is 4.39 Å². The molecule has 3 unspecified atom stereocenters. The molecular formula is C15H24ClFN2. The molecule has 0 bridgehead atoms. The van der Waals surface area contributed by atoms with Gasteiger partial charge in [-0.2, -0.15) is 0 Å². The highest BCUT2D eigenvalue weighted by Gasteiger charge is 2.24. The van der Waals surface area contributed by atoms with Gasteiger partial charge in [-0.15, -0.1) is 12.4 Å². The summed E-state index contributed by atoms with van der Waals surface area (Å²) in [6.45, 7) is 7.61. The van der Waals surface area contributed by atoms with Crippen LogP contribution < -0.4 is 5.73 Å². The van der Waals surface area contributed by atoms with E-state index in [1.165, 1.54) is 5.56 Å². The van der Waals surface area contributed by atoms with Gasteiger partial charge in [0.25, 0.3) is 0 Å². The lowest BCUT2D eigenvalue weighted by Crippen LogP contribution is -2.46. The average Bonchev–Trinajstić information content (AvgIpc) is 2.34. The van der Waals surface area contributed by atoms with Crippen molar-refractivity contribution in [3.63, 3.8) is 0 Å². The minimum Gasteiger partial charge on any atom is -0.327 e. The van der Waals surface area contributed by atoms with E-state index in [2.05, 4.69) is 18.7 Å². The zero-order chi connectivity index (χ0) is 13.1. The monoisotopic (exact) mass is 286 g/mol. The normalized spacial score (nSPS) is 25.7. The fraction of sp³-hybridized carbons (Fsp3) is 0.600. The van der Waals surface area contributed by atoms with Gasteiger partial charge in [0.15, 0.2) is 0 Å². The smallest absolute Gasteiger partial charge is 0.123 e. The van der Waals surface area contributed by atoms with Crippen molar-refractivity contribution < 1.29 is 4.39 Å². The molecule has 4 heteroatoms. The second-order valence-corrected chi connectivity index (χ2v) is 5.64. The minimum absolute atomic E-state index is 0. The van der Waals surface area contributed by atoms with Crippen LogP contribution in [0.2, 0.25) is 0 Å². The van der Waals surface area contributed by atoms with Crippen molar-refractivity contribution in [2.75, 3.05) is 19.6 Å². The predicted octanol–water partition coefficient (Wildman–Crippen LogP) is 3.02. The number of likely N-dealkylation sites (tertiary alicyclic amines) is 1. The molecule has 3 atom stereocenters. The molecule has 1 saturated heterocycles. The Balaban J connectivity index is 0.00000180. The SMILES string of the molecule is CC(CN1CCC(N)C(C)C1)c1ccc(F)cc1.Cl. The summed E-state index contributed by atoms with van der Waals surface area (Å²) in [5.74, 6) is 0.842. The van der Waals surface area contributed by atoms with Crippen LogP contribution in [-0.4, -0.2) is 30.6 Å². The Morgan fingerprint density at radius 3 is 2.58 bits per heavy atom. The number of hydrogen-bond acceptors (Lipinski definition) is 2. The molecule has 1 aromatic carbocycles. The van der Waals surface area contributed by atoms with E-state index >= 15 is 0 Å². The number of benzene rings is 1. The summed E-state index contributed by atoms with van der Waals surface area (Å²) in [5, 5.41) is 0. The molecule has 2 N–H and O–H groups in total. The highest BCUT2D eigenvalue weighted by atomic mass is 35.5. The summed E-state index contributed by atoms with van der Waals surface area (Å²) in [7, 11) is 0. The number of rotatable bonds is 3. The van der Waals surface area contributed by atoms with Gasteiger partial charge in [0, 0.05) is 19.1 Å². The Morgan fingerprint density at radius 1 is 1.37 bits per heavy atom. The Bertz CT molecular complexity index is 382. The summed E-state index contributed by atoms with van der Waals surface area (Å²) in [5.41, 5.74) is 7.24. The highest BCUT2D eigenvalue weighted by molar-refractivity contribution is 5.85. The summed E-state index contributed by atoms with van der Waals surface area (Å²) in [6.07, 6.45) is 1.08. The van der Waals surface area contributed by atoms with Gasteiger partial charge < -0.3 is 10.6 Å². The molecule has 0 aliphatic carbocycles. The zero-order valence-corrected chi connectivity index (χ0v) is 12.5. The van der Waals surface area contributed by atoms with Gasteiger partial charge >= 0.3 is 0 Å². The van der Waals surface area contributed by atoms with Crippen molar-refractivity contribution in [3.8, 4) is 0 Å². The predicted molar refractivity (Wildman–Crippen MR) is 80.3 cm³/mol. The van der Waals surface area contributed by atoms with E-state index in [0.29, 0.717) is 17.9 Å². The average molecular weight is 287 g/mol. The molecule has 1 aliphatic rings. The van der Waals surface area contributed by atoms with E-state index in [1.807, 2.05) is 12.1 Å². The zero-order valence-electron chi connectivity index (χ0n) is 11.7. The molecule has 2 rings (SSSR count). The Morgan fingerprint density at radius 2 is 2.00 bits per heavy atom. The molecule has 0 radical (unpaired) electrons. The first kappa shape index (κ1) is 16.4. The van der Waals surface area contributed by atoms with Gasteiger partial charge in [-0.3, -0.25) is 0 Å². The molecule has 1 aromatic rings. The van der Waals surface area contributed by atoms with Crippen LogP contribution in [0.1, 0.15) is 31.7 Å². The summed E-state index contributed by atoms with van der Waals surface area (Å²) >= 11 is 0. The molecule has 19 heavy (non-hydrogen) atoms. The molecule has 1 fully saturated rings. The Hall–Kier alpha value is -0.640. The van der Waals surface area contributed by atoms with E-state index in [0.717, 1.165) is 26.1 Å². The van der Waals surface area contributed by atoms with E-state index in [1.54, 1.807) is 12.1 Å². The molecular weight excluding hydrogens is 263 g/mol. The number of halogens is 2. The van der Waals surface area contributed by atoms with Crippen LogP contribution in [0.15, 0.2) is 24.3 Å². The molecule has 0 aromatic heterocycles. The quantitative estimate of drug-likeness (QED) is 0.925. The molecule has 2 nitrogen and oxygen atoms in total. The number of hydrogen-bond donors (Lipinski definition) is 1. The van der Waals surface area contributed by atoms with Gasteiger partial charge in [-0.05, 0) is 42.5 Å². The Kier molecular flexibility index (Phi) is 6.24. The molecule has 0 amide bonds. The van der Waals surface area contributed by atoms with Gasteiger partial charge in [-0.1, -0.05) is 26.0 Å². The lowest BCUT2D eigenvalue weighted by molar-refractivity contribution is 0.158. The minimum atomic E-state index is -0.163. The third-order valence-corrected chi connectivity index (χ3v) is 4.03. The molecule has 0 saturated carbocycles. The third-order valence-electron chi connectivity index (χ3n) is 4.03.